The number of fused-ring (bicyclic) bond motifs is 2. The van der Waals surface area contributed by atoms with E-state index < -0.39 is 0 Å². The Morgan fingerprint density at radius 2 is 0.906 bits per heavy atom. The molecule has 0 unspecified atom stereocenters. The van der Waals surface area contributed by atoms with Gasteiger partial charge in [0.25, 0.3) is 22.2 Å². The first-order valence-corrected chi connectivity index (χ1v) is 12.3. The van der Waals surface area contributed by atoms with Crippen LogP contribution in [0.3, 0.4) is 0 Å². The Bertz CT molecular complexity index is 1100. The Kier molecular flexibility index (Phi) is 7.86. The van der Waals surface area contributed by atoms with Crippen LogP contribution < -0.4 is 22.2 Å². The van der Waals surface area contributed by atoms with Crippen LogP contribution in [0.1, 0.15) is 79.1 Å². The van der Waals surface area contributed by atoms with Gasteiger partial charge in [0.1, 0.15) is 0 Å². The summed E-state index contributed by atoms with van der Waals surface area (Å²) in [6.45, 7) is 9.17. The fourth-order valence-corrected chi connectivity index (χ4v) is 4.76. The van der Waals surface area contributed by atoms with Gasteiger partial charge >= 0.3 is 0 Å². The predicted octanol–water partition coefficient (Wildman–Crippen LogP) is 4.35. The second-order valence-corrected chi connectivity index (χ2v) is 9.22. The molecule has 0 fully saturated rings. The first-order chi connectivity index (χ1) is 15.4. The van der Waals surface area contributed by atoms with E-state index in [0.29, 0.717) is 13.1 Å². The lowest BCUT2D eigenvalue weighted by Gasteiger charge is -2.13. The molecule has 0 amide bonds. The van der Waals surface area contributed by atoms with Gasteiger partial charge in [-0.2, -0.15) is 0 Å². The number of unbranched alkanes of at least 4 members (excludes halogenated alkanes) is 2. The first kappa shape index (κ1) is 24.1. The van der Waals surface area contributed by atoms with E-state index in [-0.39, 0.29) is 55.6 Å². The van der Waals surface area contributed by atoms with Gasteiger partial charge < -0.3 is 0 Å². The normalized spacial score (nSPS) is 13.9. The average Bonchev–Trinajstić information content (AvgIpc) is 3.17. The van der Waals surface area contributed by atoms with Gasteiger partial charge in [-0.3, -0.25) is 28.3 Å². The molecule has 6 nitrogen and oxygen atoms in total. The topological polar surface area (TPSA) is 78.1 Å². The Labute approximate surface area is 188 Å². The number of benzene rings is 1. The van der Waals surface area contributed by atoms with Gasteiger partial charge in [-0.25, -0.2) is 0 Å². The summed E-state index contributed by atoms with van der Waals surface area (Å²) in [6.07, 6.45) is 8.00. The molecule has 0 aliphatic rings. The van der Waals surface area contributed by atoms with Gasteiger partial charge in [0.2, 0.25) is 0 Å². The SMILES string of the molecule is CCCC[C@@H](CC)Cn1c(=O)c2cc3c(=O)n(C[C@@H](CC)CCCC)c(=O)c3cc2c1=O. The van der Waals surface area contributed by atoms with E-state index in [0.717, 1.165) is 51.4 Å². The fraction of sp³-hybridized carbons (Fsp3) is 0.615. The molecule has 0 saturated heterocycles. The lowest BCUT2D eigenvalue weighted by molar-refractivity contribution is 0.384. The molecule has 2 atom stereocenters. The number of rotatable bonds is 12. The van der Waals surface area contributed by atoms with Crippen LogP contribution in [0.2, 0.25) is 0 Å². The highest BCUT2D eigenvalue weighted by Crippen LogP contribution is 2.19. The van der Waals surface area contributed by atoms with Crippen LogP contribution >= 0.6 is 0 Å². The zero-order valence-electron chi connectivity index (χ0n) is 19.9. The molecule has 32 heavy (non-hydrogen) atoms. The maximum atomic E-state index is 13.0. The van der Waals surface area contributed by atoms with Crippen molar-refractivity contribution in [2.24, 2.45) is 11.8 Å². The maximum Gasteiger partial charge on any atom is 0.261 e. The first-order valence-electron chi connectivity index (χ1n) is 12.3. The van der Waals surface area contributed by atoms with Crippen LogP contribution in [0.5, 0.6) is 0 Å². The number of aromatic nitrogens is 2. The second kappa shape index (κ2) is 10.4. The van der Waals surface area contributed by atoms with E-state index in [9.17, 15) is 19.2 Å². The largest absolute Gasteiger partial charge is 0.274 e. The summed E-state index contributed by atoms with van der Waals surface area (Å²) >= 11 is 0. The molecule has 3 aromatic rings. The van der Waals surface area contributed by atoms with E-state index in [1.807, 2.05) is 0 Å². The van der Waals surface area contributed by atoms with Crippen LogP contribution in [-0.2, 0) is 13.1 Å². The Morgan fingerprint density at radius 1 is 0.594 bits per heavy atom. The van der Waals surface area contributed by atoms with Crippen molar-refractivity contribution in [3.05, 3.63) is 53.5 Å². The van der Waals surface area contributed by atoms with Crippen molar-refractivity contribution < 1.29 is 0 Å². The predicted molar refractivity (Wildman–Crippen MR) is 131 cm³/mol. The Balaban J connectivity index is 2.06. The van der Waals surface area contributed by atoms with Crippen molar-refractivity contribution in [1.82, 2.24) is 9.13 Å². The molecule has 3 rings (SSSR count). The average molecular weight is 441 g/mol. The molecule has 0 aliphatic heterocycles. The van der Waals surface area contributed by atoms with Crippen molar-refractivity contribution in [3.63, 3.8) is 0 Å². The van der Waals surface area contributed by atoms with Gasteiger partial charge in [-0.05, 0) is 36.8 Å². The van der Waals surface area contributed by atoms with E-state index >= 15 is 0 Å². The van der Waals surface area contributed by atoms with Gasteiger partial charge in [0, 0.05) is 13.1 Å². The van der Waals surface area contributed by atoms with Crippen LogP contribution in [0.25, 0.3) is 21.5 Å². The van der Waals surface area contributed by atoms with Crippen molar-refractivity contribution >= 4 is 21.5 Å². The van der Waals surface area contributed by atoms with Crippen molar-refractivity contribution in [2.75, 3.05) is 0 Å². The van der Waals surface area contributed by atoms with Gasteiger partial charge in [-0.15, -0.1) is 0 Å². The summed E-state index contributed by atoms with van der Waals surface area (Å²) in [5.74, 6) is 0.522. The van der Waals surface area contributed by atoms with E-state index in [1.54, 1.807) is 0 Å². The standard InChI is InChI=1S/C26H36N2O4/c1-5-9-11-17(7-3)15-27-23(29)19-13-21-22(14-20(19)24(27)30)26(32)28(25(21)31)16-18(8-4)12-10-6-2/h13-14,17-18H,5-12,15-16H2,1-4H3/t17-,18+. The lowest BCUT2D eigenvalue weighted by atomic mass is 9.99. The minimum atomic E-state index is -0.351. The summed E-state index contributed by atoms with van der Waals surface area (Å²) < 4.78 is 2.60. The Hall–Kier alpha value is -2.50. The molecular weight excluding hydrogens is 404 g/mol. The van der Waals surface area contributed by atoms with E-state index in [4.69, 9.17) is 0 Å². The Morgan fingerprint density at radius 3 is 1.16 bits per heavy atom. The minimum Gasteiger partial charge on any atom is -0.274 e. The zero-order chi connectivity index (χ0) is 23.4. The van der Waals surface area contributed by atoms with Crippen molar-refractivity contribution in [1.29, 1.82) is 0 Å². The quantitative estimate of drug-likeness (QED) is 0.420. The van der Waals surface area contributed by atoms with Gasteiger partial charge in [0.15, 0.2) is 0 Å². The molecule has 0 spiro atoms. The number of hydrogen-bond acceptors (Lipinski definition) is 4. The molecule has 174 valence electrons. The summed E-state index contributed by atoms with van der Waals surface area (Å²) in [5.41, 5.74) is -1.40. The van der Waals surface area contributed by atoms with Crippen molar-refractivity contribution in [2.45, 2.75) is 92.2 Å². The molecule has 6 heteroatoms. The van der Waals surface area contributed by atoms with Gasteiger partial charge in [0.05, 0.1) is 21.5 Å². The van der Waals surface area contributed by atoms with Crippen LogP contribution in [0, 0.1) is 11.8 Å². The summed E-state index contributed by atoms with van der Waals surface area (Å²) in [6, 6.07) is 2.95. The smallest absolute Gasteiger partial charge is 0.261 e. The molecule has 0 radical (unpaired) electrons. The summed E-state index contributed by atoms with van der Waals surface area (Å²) in [7, 11) is 0. The highest BCUT2D eigenvalue weighted by atomic mass is 16.2. The minimum absolute atomic E-state index is 0.250. The molecule has 0 bridgehead atoms. The van der Waals surface area contributed by atoms with Crippen molar-refractivity contribution in [3.8, 4) is 0 Å². The maximum absolute atomic E-state index is 13.0. The highest BCUT2D eigenvalue weighted by molar-refractivity contribution is 5.97. The molecule has 2 aromatic heterocycles. The lowest BCUT2D eigenvalue weighted by Crippen LogP contribution is -2.29. The number of nitrogens with zero attached hydrogens (tertiary/aromatic N) is 2. The van der Waals surface area contributed by atoms with Gasteiger partial charge in [-0.1, -0.05) is 66.2 Å². The molecule has 2 heterocycles. The summed E-state index contributed by atoms with van der Waals surface area (Å²) in [4.78, 5) is 52.2. The fourth-order valence-electron chi connectivity index (χ4n) is 4.76. The summed E-state index contributed by atoms with van der Waals surface area (Å²) in [5, 5.41) is 1.00. The van der Waals surface area contributed by atoms with E-state index in [1.165, 1.54) is 21.3 Å². The molecule has 1 aromatic carbocycles. The third-order valence-electron chi connectivity index (χ3n) is 7.03. The molecule has 0 saturated carbocycles. The third-order valence-corrected chi connectivity index (χ3v) is 7.03. The van der Waals surface area contributed by atoms with Crippen LogP contribution in [0.15, 0.2) is 31.3 Å². The zero-order valence-corrected chi connectivity index (χ0v) is 19.9. The molecular formula is C26H36N2O4. The molecule has 0 N–H and O–H groups in total. The van der Waals surface area contributed by atoms with Crippen LogP contribution in [0.4, 0.5) is 0 Å². The van der Waals surface area contributed by atoms with Crippen LogP contribution in [-0.4, -0.2) is 9.13 Å². The third kappa shape index (κ3) is 4.50. The highest BCUT2D eigenvalue weighted by Gasteiger charge is 2.21. The van der Waals surface area contributed by atoms with E-state index in [2.05, 4.69) is 27.7 Å². The number of hydrogen-bond donors (Lipinski definition) is 0. The second-order valence-electron chi connectivity index (χ2n) is 9.22. The monoisotopic (exact) mass is 440 g/mol. The molecule has 0 aliphatic carbocycles.